The highest BCUT2D eigenvalue weighted by molar-refractivity contribution is 7.07. The number of rotatable bonds is 9. The van der Waals surface area contributed by atoms with Crippen molar-refractivity contribution in [3.63, 3.8) is 0 Å². The molecule has 0 saturated carbocycles. The molecule has 4 rings (SSSR count). The number of methoxy groups -OCH3 is 2. The van der Waals surface area contributed by atoms with Crippen LogP contribution >= 0.6 is 22.9 Å². The first-order valence-electron chi connectivity index (χ1n) is 12.7. The lowest BCUT2D eigenvalue weighted by atomic mass is 9.94. The molecule has 0 radical (unpaired) electrons. The van der Waals surface area contributed by atoms with Crippen molar-refractivity contribution in [1.29, 1.82) is 0 Å². The van der Waals surface area contributed by atoms with Crippen molar-refractivity contribution in [3.8, 4) is 17.2 Å². The summed E-state index contributed by atoms with van der Waals surface area (Å²) in [6, 6.07) is 10.2. The molecule has 0 saturated heterocycles. The lowest BCUT2D eigenvalue weighted by Crippen LogP contribution is -2.43. The van der Waals surface area contributed by atoms with Crippen molar-refractivity contribution in [3.05, 3.63) is 83.5 Å². The van der Waals surface area contributed by atoms with Crippen molar-refractivity contribution in [2.24, 2.45) is 4.99 Å². The minimum Gasteiger partial charge on any atom is -0.496 e. The average Bonchev–Trinajstić information content (AvgIpc) is 3.22. The first kappa shape index (κ1) is 28.4. The molecule has 39 heavy (non-hydrogen) atoms. The van der Waals surface area contributed by atoms with Gasteiger partial charge in [0, 0.05) is 18.7 Å². The van der Waals surface area contributed by atoms with E-state index < -0.39 is 6.04 Å². The highest BCUT2D eigenvalue weighted by atomic mass is 35.5. The van der Waals surface area contributed by atoms with Gasteiger partial charge in [-0.25, -0.2) is 4.99 Å². The van der Waals surface area contributed by atoms with Crippen LogP contribution in [0.3, 0.4) is 0 Å². The minimum absolute atomic E-state index is 0.158. The smallest absolute Gasteiger partial charge is 0.271 e. The molecule has 0 fully saturated rings. The van der Waals surface area contributed by atoms with Gasteiger partial charge >= 0.3 is 0 Å². The topological polar surface area (TPSA) is 82.4 Å². The Morgan fingerprint density at radius 2 is 1.85 bits per heavy atom. The first-order valence-corrected chi connectivity index (χ1v) is 13.9. The summed E-state index contributed by atoms with van der Waals surface area (Å²) in [7, 11) is 3.10. The number of hydrogen-bond acceptors (Lipinski definition) is 7. The Kier molecular flexibility index (Phi) is 8.82. The van der Waals surface area contributed by atoms with E-state index in [1.807, 2.05) is 52.0 Å². The number of likely N-dealkylation sites (N-methyl/N-ethyl adjacent to an activating group) is 1. The maximum absolute atomic E-state index is 14.0. The van der Waals surface area contributed by atoms with Crippen molar-refractivity contribution >= 4 is 34.9 Å². The Bertz CT molecular complexity index is 1600. The van der Waals surface area contributed by atoms with Gasteiger partial charge in [-0.1, -0.05) is 41.1 Å². The summed E-state index contributed by atoms with van der Waals surface area (Å²) in [4.78, 5) is 34.8. The fourth-order valence-corrected chi connectivity index (χ4v) is 6.09. The highest BCUT2D eigenvalue weighted by Crippen LogP contribution is 2.37. The number of nitrogens with zero attached hydrogens (tertiary/aromatic N) is 3. The van der Waals surface area contributed by atoms with Gasteiger partial charge < -0.3 is 19.1 Å². The van der Waals surface area contributed by atoms with Crippen LogP contribution in [0.15, 0.2) is 57.5 Å². The second-order valence-electron chi connectivity index (χ2n) is 8.77. The maximum Gasteiger partial charge on any atom is 0.271 e. The molecular formula is C29H32ClN3O5S. The Hall–Kier alpha value is -3.56. The molecule has 0 spiro atoms. The fraction of sp³-hybridized carbons (Fsp3) is 0.345. The van der Waals surface area contributed by atoms with Gasteiger partial charge in [-0.05, 0) is 57.5 Å². The summed E-state index contributed by atoms with van der Waals surface area (Å²) in [6.45, 7) is 9.05. The second-order valence-corrected chi connectivity index (χ2v) is 10.2. The van der Waals surface area contributed by atoms with Crippen LogP contribution in [0.1, 0.15) is 44.9 Å². The van der Waals surface area contributed by atoms with Crippen molar-refractivity contribution < 1.29 is 19.0 Å². The predicted molar refractivity (Wildman–Crippen MR) is 154 cm³/mol. The van der Waals surface area contributed by atoms with Gasteiger partial charge in [0.05, 0.1) is 41.7 Å². The largest absolute Gasteiger partial charge is 0.496 e. The Morgan fingerprint density at radius 1 is 1.13 bits per heavy atom. The van der Waals surface area contributed by atoms with E-state index in [1.54, 1.807) is 34.8 Å². The zero-order chi connectivity index (χ0) is 28.3. The molecule has 1 aliphatic rings. The normalized spacial score (nSPS) is 15.1. The number of carbonyl (C=O) groups excluding carboxylic acids is 1. The van der Waals surface area contributed by atoms with E-state index in [-0.39, 0.29) is 11.5 Å². The number of aromatic nitrogens is 1. The molecule has 0 bridgehead atoms. The van der Waals surface area contributed by atoms with Crippen molar-refractivity contribution in [2.45, 2.75) is 33.7 Å². The molecule has 0 aliphatic carbocycles. The van der Waals surface area contributed by atoms with Crippen molar-refractivity contribution in [1.82, 2.24) is 9.47 Å². The Morgan fingerprint density at radius 3 is 2.49 bits per heavy atom. The van der Waals surface area contributed by atoms with Crippen molar-refractivity contribution in [2.75, 3.05) is 33.9 Å². The van der Waals surface area contributed by atoms with Gasteiger partial charge in [-0.15, -0.1) is 0 Å². The van der Waals surface area contributed by atoms with Crippen LogP contribution < -0.4 is 29.1 Å². The van der Waals surface area contributed by atoms with Gasteiger partial charge in [0.25, 0.3) is 11.5 Å². The number of ether oxygens (including phenoxy) is 3. The van der Waals surface area contributed by atoms with E-state index in [9.17, 15) is 9.59 Å². The van der Waals surface area contributed by atoms with Crippen LogP contribution in [0.25, 0.3) is 6.08 Å². The molecular weight excluding hydrogens is 538 g/mol. The molecule has 2 heterocycles. The molecule has 10 heteroatoms. The number of thiazole rings is 1. The summed E-state index contributed by atoms with van der Waals surface area (Å²) in [6.07, 6.45) is 1.75. The summed E-state index contributed by atoms with van der Waals surface area (Å²) in [5, 5.41) is 0.373. The molecule has 0 N–H and O–H groups in total. The van der Waals surface area contributed by atoms with E-state index in [4.69, 9.17) is 30.8 Å². The van der Waals surface area contributed by atoms with Crippen LogP contribution in [0.5, 0.6) is 17.2 Å². The van der Waals surface area contributed by atoms with Gasteiger partial charge in [0.15, 0.2) is 16.3 Å². The molecule has 2 aromatic carbocycles. The van der Waals surface area contributed by atoms with E-state index in [2.05, 4.69) is 0 Å². The van der Waals surface area contributed by atoms with Gasteiger partial charge in [0.2, 0.25) is 0 Å². The molecule has 1 aromatic heterocycles. The van der Waals surface area contributed by atoms with Crippen LogP contribution in [-0.2, 0) is 4.79 Å². The number of amides is 1. The molecule has 1 amide bonds. The number of hydrogen-bond donors (Lipinski definition) is 0. The quantitative estimate of drug-likeness (QED) is 0.386. The van der Waals surface area contributed by atoms with E-state index in [0.29, 0.717) is 73.7 Å². The SMILES string of the molecule is CCOc1cc(/C=c2\sc3n(c2=O)[C@@H](c2ccccc2OC)C(C(=O)N(CC)CC)=C(C)N=3)cc(Cl)c1OC. The predicted octanol–water partition coefficient (Wildman–Crippen LogP) is 4.17. The molecule has 8 nitrogen and oxygen atoms in total. The van der Waals surface area contributed by atoms with Gasteiger partial charge in [-0.2, -0.15) is 0 Å². The number of fused-ring (bicyclic) bond motifs is 1. The minimum atomic E-state index is -0.703. The summed E-state index contributed by atoms with van der Waals surface area (Å²) < 4.78 is 18.8. The second kappa shape index (κ2) is 12.1. The monoisotopic (exact) mass is 569 g/mol. The van der Waals surface area contributed by atoms with Crippen LogP contribution in [0.4, 0.5) is 0 Å². The highest BCUT2D eigenvalue weighted by Gasteiger charge is 2.35. The lowest BCUT2D eigenvalue weighted by Gasteiger charge is -2.29. The Balaban J connectivity index is 1.98. The number of para-hydroxylation sites is 1. The molecule has 1 aliphatic heterocycles. The van der Waals surface area contributed by atoms with Crippen LogP contribution in [0.2, 0.25) is 5.02 Å². The first-order chi connectivity index (χ1) is 18.8. The Labute approximate surface area is 236 Å². The summed E-state index contributed by atoms with van der Waals surface area (Å²) >= 11 is 7.71. The van der Waals surface area contributed by atoms with E-state index in [1.165, 1.54) is 18.4 Å². The summed E-state index contributed by atoms with van der Waals surface area (Å²) in [5.41, 5.74) is 2.15. The zero-order valence-corrected chi connectivity index (χ0v) is 24.5. The van der Waals surface area contributed by atoms with Crippen LogP contribution in [0, 0.1) is 0 Å². The van der Waals surface area contributed by atoms with E-state index >= 15 is 0 Å². The van der Waals surface area contributed by atoms with Gasteiger partial charge in [0.1, 0.15) is 11.8 Å². The number of carbonyl (C=O) groups is 1. The third-order valence-electron chi connectivity index (χ3n) is 6.57. The molecule has 0 unspecified atom stereocenters. The zero-order valence-electron chi connectivity index (χ0n) is 22.9. The standard InChI is InChI=1S/C29H32ClN3O5S/c1-7-32(8-2)28(35)24-17(4)31-29-33(25(24)19-12-10-11-13-21(19)36-5)27(34)23(39-29)16-18-14-20(30)26(37-6)22(15-18)38-9-3/h10-16,25H,7-9H2,1-6H3/b23-16-/t25-/m0/s1. The van der Waals surface area contributed by atoms with Gasteiger partial charge in [-0.3, -0.25) is 14.2 Å². The number of benzene rings is 2. The third-order valence-corrected chi connectivity index (χ3v) is 7.83. The lowest BCUT2D eigenvalue weighted by molar-refractivity contribution is -0.127. The molecule has 206 valence electrons. The number of halogens is 1. The molecule has 1 atom stereocenters. The summed E-state index contributed by atoms with van der Waals surface area (Å²) in [5.74, 6) is 1.35. The third kappa shape index (κ3) is 5.33. The maximum atomic E-state index is 14.0. The van der Waals surface area contributed by atoms with E-state index in [0.717, 1.165) is 0 Å². The van der Waals surface area contributed by atoms with Crippen LogP contribution in [-0.4, -0.2) is 49.3 Å². The number of allylic oxidation sites excluding steroid dienone is 1. The fourth-order valence-electron chi connectivity index (χ4n) is 4.75. The average molecular weight is 570 g/mol. The molecule has 3 aromatic rings.